The van der Waals surface area contributed by atoms with Gasteiger partial charge in [0.2, 0.25) is 5.91 Å². The Balaban J connectivity index is 1.50. The Labute approximate surface area is 204 Å². The highest BCUT2D eigenvalue weighted by atomic mass is 32.2. The second kappa shape index (κ2) is 11.1. The number of Topliss-reactive ketones (excluding diaryl/α,β-unsaturated/α-hetero) is 1. The van der Waals surface area contributed by atoms with Gasteiger partial charge < -0.3 is 10.1 Å². The van der Waals surface area contributed by atoms with E-state index in [1.54, 1.807) is 24.3 Å². The smallest absolute Gasteiger partial charge is 0.226 e. The first-order valence-corrected chi connectivity index (χ1v) is 12.5. The minimum Gasteiger partial charge on any atom is -0.379 e. The van der Waals surface area contributed by atoms with Crippen molar-refractivity contribution >= 4 is 40.0 Å². The number of rotatable bonds is 8. The van der Waals surface area contributed by atoms with Gasteiger partial charge in [0, 0.05) is 35.6 Å². The van der Waals surface area contributed by atoms with E-state index in [0.717, 1.165) is 48.1 Å². The number of para-hydroxylation sites is 1. The lowest BCUT2D eigenvalue weighted by Crippen LogP contribution is -2.36. The Kier molecular flexibility index (Phi) is 7.92. The molecular formula is C26H30N4O3S. The van der Waals surface area contributed by atoms with Crippen molar-refractivity contribution in [2.24, 2.45) is 5.92 Å². The number of nitrogens with one attached hydrogen (secondary N) is 1. The van der Waals surface area contributed by atoms with Crippen molar-refractivity contribution in [2.45, 2.75) is 37.6 Å². The van der Waals surface area contributed by atoms with Crippen LogP contribution in [-0.2, 0) is 16.1 Å². The molecule has 2 heterocycles. The van der Waals surface area contributed by atoms with Crippen molar-refractivity contribution in [3.05, 3.63) is 59.9 Å². The molecular weight excluding hydrogens is 448 g/mol. The van der Waals surface area contributed by atoms with Crippen LogP contribution in [0.25, 0.3) is 10.9 Å². The van der Waals surface area contributed by atoms with Crippen molar-refractivity contribution in [2.75, 3.05) is 31.6 Å². The molecule has 7 nitrogen and oxygen atoms in total. The first-order valence-electron chi connectivity index (χ1n) is 11.6. The van der Waals surface area contributed by atoms with Crippen LogP contribution in [0.1, 0.15) is 37.0 Å². The molecule has 1 aromatic heterocycles. The summed E-state index contributed by atoms with van der Waals surface area (Å²) in [5.41, 5.74) is 2.17. The summed E-state index contributed by atoms with van der Waals surface area (Å²) in [5, 5.41) is 4.29. The number of hydrogen-bond acceptors (Lipinski definition) is 7. The summed E-state index contributed by atoms with van der Waals surface area (Å²) in [6, 6.07) is 15.0. The van der Waals surface area contributed by atoms with Crippen molar-refractivity contribution in [1.82, 2.24) is 14.9 Å². The van der Waals surface area contributed by atoms with Gasteiger partial charge in [-0.15, -0.1) is 0 Å². The monoisotopic (exact) mass is 478 g/mol. The van der Waals surface area contributed by atoms with E-state index >= 15 is 0 Å². The number of ketones is 1. The number of thioether (sulfide) groups is 1. The largest absolute Gasteiger partial charge is 0.379 e. The molecule has 0 bridgehead atoms. The van der Waals surface area contributed by atoms with Gasteiger partial charge in [-0.1, -0.05) is 43.8 Å². The normalized spacial score (nSPS) is 15.4. The van der Waals surface area contributed by atoms with Gasteiger partial charge in [0.1, 0.15) is 10.9 Å². The van der Waals surface area contributed by atoms with Crippen molar-refractivity contribution in [3.63, 3.8) is 0 Å². The third-order valence-electron chi connectivity index (χ3n) is 5.70. The number of benzene rings is 2. The fourth-order valence-corrected chi connectivity index (χ4v) is 4.71. The third-order valence-corrected chi connectivity index (χ3v) is 6.80. The average Bonchev–Trinajstić information content (AvgIpc) is 2.84. The summed E-state index contributed by atoms with van der Waals surface area (Å²) in [6.45, 7) is 9.42. The van der Waals surface area contributed by atoms with E-state index in [1.807, 2.05) is 45.0 Å². The summed E-state index contributed by atoms with van der Waals surface area (Å²) < 4.78 is 5.44. The number of carbonyl (C=O) groups excluding carboxylic acids is 2. The summed E-state index contributed by atoms with van der Waals surface area (Å²) >= 11 is 1.46. The molecule has 1 fully saturated rings. The van der Waals surface area contributed by atoms with Crippen molar-refractivity contribution in [3.8, 4) is 0 Å². The highest BCUT2D eigenvalue weighted by molar-refractivity contribution is 8.00. The maximum atomic E-state index is 13.2. The molecule has 34 heavy (non-hydrogen) atoms. The van der Waals surface area contributed by atoms with Crippen LogP contribution in [0.5, 0.6) is 0 Å². The second-order valence-corrected chi connectivity index (χ2v) is 10.0. The molecule has 0 spiro atoms. The van der Waals surface area contributed by atoms with E-state index in [2.05, 4.69) is 10.2 Å². The number of ether oxygens (including phenoxy) is 1. The standard InChI is InChI=1S/C26H30N4O3S/c1-17(2)25(32)27-20-10-8-19(9-11-20)24(31)18(3)34-26-21-6-4-5-7-22(21)28-23(29-26)16-30-12-14-33-15-13-30/h4-11,17-18H,12-16H2,1-3H3,(H,27,32). The first kappa shape index (κ1) is 24.3. The number of hydrogen-bond donors (Lipinski definition) is 1. The zero-order valence-corrected chi connectivity index (χ0v) is 20.6. The Morgan fingerprint density at radius 2 is 1.74 bits per heavy atom. The number of fused-ring (bicyclic) bond motifs is 1. The van der Waals surface area contributed by atoms with Gasteiger partial charge in [0.15, 0.2) is 5.78 Å². The van der Waals surface area contributed by atoms with Crippen molar-refractivity contribution < 1.29 is 14.3 Å². The van der Waals surface area contributed by atoms with Crippen LogP contribution in [0, 0.1) is 5.92 Å². The fraction of sp³-hybridized carbons (Fsp3) is 0.385. The van der Waals surface area contributed by atoms with Gasteiger partial charge in [-0.2, -0.15) is 0 Å². The van der Waals surface area contributed by atoms with E-state index in [9.17, 15) is 9.59 Å². The zero-order chi connectivity index (χ0) is 24.1. The topological polar surface area (TPSA) is 84.4 Å². The van der Waals surface area contributed by atoms with Crippen LogP contribution in [-0.4, -0.2) is 58.1 Å². The maximum Gasteiger partial charge on any atom is 0.226 e. The molecule has 1 aliphatic rings. The van der Waals surface area contributed by atoms with Gasteiger partial charge in [0.25, 0.3) is 0 Å². The van der Waals surface area contributed by atoms with Crippen LogP contribution >= 0.6 is 11.8 Å². The lowest BCUT2D eigenvalue weighted by atomic mass is 10.1. The van der Waals surface area contributed by atoms with Crippen LogP contribution in [0.2, 0.25) is 0 Å². The van der Waals surface area contributed by atoms with Gasteiger partial charge >= 0.3 is 0 Å². The summed E-state index contributed by atoms with van der Waals surface area (Å²) in [6.07, 6.45) is 0. The zero-order valence-electron chi connectivity index (χ0n) is 19.8. The van der Waals surface area contributed by atoms with E-state index in [0.29, 0.717) is 17.8 Å². The predicted octanol–water partition coefficient (Wildman–Crippen LogP) is 4.42. The van der Waals surface area contributed by atoms with E-state index in [4.69, 9.17) is 14.7 Å². The maximum absolute atomic E-state index is 13.2. The van der Waals surface area contributed by atoms with E-state index in [-0.39, 0.29) is 22.9 Å². The highest BCUT2D eigenvalue weighted by Crippen LogP contribution is 2.30. The molecule has 0 saturated carbocycles. The average molecular weight is 479 g/mol. The van der Waals surface area contributed by atoms with Crippen LogP contribution in [0.15, 0.2) is 53.6 Å². The van der Waals surface area contributed by atoms with Crippen LogP contribution in [0.4, 0.5) is 5.69 Å². The van der Waals surface area contributed by atoms with E-state index < -0.39 is 0 Å². The second-order valence-electron chi connectivity index (χ2n) is 8.70. The van der Waals surface area contributed by atoms with Gasteiger partial charge in [0.05, 0.1) is 30.5 Å². The van der Waals surface area contributed by atoms with Crippen LogP contribution < -0.4 is 5.32 Å². The summed E-state index contributed by atoms with van der Waals surface area (Å²) in [7, 11) is 0. The molecule has 1 atom stereocenters. The van der Waals surface area contributed by atoms with Gasteiger partial charge in [-0.05, 0) is 37.3 Å². The molecule has 8 heteroatoms. The lowest BCUT2D eigenvalue weighted by molar-refractivity contribution is -0.118. The van der Waals surface area contributed by atoms with Gasteiger partial charge in [-0.3, -0.25) is 14.5 Å². The number of amides is 1. The molecule has 0 radical (unpaired) electrons. The molecule has 4 rings (SSSR count). The fourth-order valence-electron chi connectivity index (χ4n) is 3.67. The van der Waals surface area contributed by atoms with Gasteiger partial charge in [-0.25, -0.2) is 9.97 Å². The van der Waals surface area contributed by atoms with Crippen LogP contribution in [0.3, 0.4) is 0 Å². The molecule has 178 valence electrons. The lowest BCUT2D eigenvalue weighted by Gasteiger charge is -2.26. The highest BCUT2D eigenvalue weighted by Gasteiger charge is 2.21. The van der Waals surface area contributed by atoms with Crippen molar-refractivity contribution in [1.29, 1.82) is 0 Å². The number of morpholine rings is 1. The number of anilines is 1. The molecule has 1 aliphatic heterocycles. The quantitative estimate of drug-likeness (QED) is 0.291. The summed E-state index contributed by atoms with van der Waals surface area (Å²) in [5.74, 6) is 0.622. The third kappa shape index (κ3) is 6.00. The Morgan fingerprint density at radius 1 is 1.03 bits per heavy atom. The molecule has 2 aromatic carbocycles. The predicted molar refractivity (Wildman–Crippen MR) is 135 cm³/mol. The molecule has 1 unspecified atom stereocenters. The molecule has 1 amide bonds. The Bertz CT molecular complexity index is 1160. The summed E-state index contributed by atoms with van der Waals surface area (Å²) in [4.78, 5) is 36.9. The Morgan fingerprint density at radius 3 is 2.44 bits per heavy atom. The molecule has 1 N–H and O–H groups in total. The minimum atomic E-state index is -0.328. The first-order chi connectivity index (χ1) is 16.4. The molecule has 0 aliphatic carbocycles. The number of carbonyl (C=O) groups is 2. The number of aromatic nitrogens is 2. The van der Waals surface area contributed by atoms with E-state index in [1.165, 1.54) is 11.8 Å². The molecule has 3 aromatic rings. The molecule has 1 saturated heterocycles. The number of nitrogens with zero attached hydrogens (tertiary/aromatic N) is 3. The minimum absolute atomic E-state index is 0.0177. The SMILES string of the molecule is CC(C)C(=O)Nc1ccc(C(=O)C(C)Sc2nc(CN3CCOCC3)nc3ccccc23)cc1. The Hall–Kier alpha value is -2.81.